The van der Waals surface area contributed by atoms with E-state index >= 15 is 0 Å². The van der Waals surface area contributed by atoms with E-state index in [9.17, 15) is 4.79 Å². The highest BCUT2D eigenvalue weighted by molar-refractivity contribution is 5.92. The molecule has 0 bridgehead atoms. The van der Waals surface area contributed by atoms with E-state index in [1.54, 1.807) is 30.3 Å². The molecule has 4 rings (SSSR count). The number of amides is 1. The zero-order valence-electron chi connectivity index (χ0n) is 15.8. The van der Waals surface area contributed by atoms with Crippen LogP contribution in [-0.2, 0) is 0 Å². The van der Waals surface area contributed by atoms with Crippen molar-refractivity contribution in [1.29, 1.82) is 5.26 Å². The predicted molar refractivity (Wildman–Crippen MR) is 111 cm³/mol. The van der Waals surface area contributed by atoms with Gasteiger partial charge >= 0.3 is 0 Å². The molecule has 0 unspecified atom stereocenters. The molecule has 7 nitrogen and oxygen atoms in total. The average Bonchev–Trinajstić information content (AvgIpc) is 2.80. The SMILES string of the molecule is N#Cc1cccc(Nc2ccc(C(=O)N3CCN(c4ccccc4)CC3)nn2)c1. The summed E-state index contributed by atoms with van der Waals surface area (Å²) in [6, 6.07) is 22.8. The van der Waals surface area contributed by atoms with E-state index in [1.807, 2.05) is 29.2 Å². The minimum absolute atomic E-state index is 0.108. The van der Waals surface area contributed by atoms with Gasteiger partial charge in [-0.2, -0.15) is 5.26 Å². The maximum absolute atomic E-state index is 12.7. The lowest BCUT2D eigenvalue weighted by molar-refractivity contribution is 0.0739. The molecule has 7 heteroatoms. The van der Waals surface area contributed by atoms with Crippen LogP contribution < -0.4 is 10.2 Å². The molecule has 144 valence electrons. The van der Waals surface area contributed by atoms with Crippen molar-refractivity contribution < 1.29 is 4.79 Å². The molecule has 29 heavy (non-hydrogen) atoms. The normalized spacial score (nSPS) is 13.6. The van der Waals surface area contributed by atoms with Gasteiger partial charge < -0.3 is 15.1 Å². The standard InChI is InChI=1S/C22H20N6O/c23-16-17-5-4-6-18(15-17)24-21-10-9-20(25-26-21)22(29)28-13-11-27(12-14-28)19-7-2-1-3-8-19/h1-10,15H,11-14H2,(H,24,26). The van der Waals surface area contributed by atoms with Gasteiger partial charge in [0.15, 0.2) is 11.5 Å². The molecule has 0 saturated carbocycles. The number of nitriles is 1. The Bertz CT molecular complexity index is 1020. The van der Waals surface area contributed by atoms with Crippen LogP contribution in [0, 0.1) is 11.3 Å². The third kappa shape index (κ3) is 4.33. The van der Waals surface area contributed by atoms with Crippen LogP contribution in [0.15, 0.2) is 66.7 Å². The predicted octanol–water partition coefficient (Wildman–Crippen LogP) is 3.05. The molecule has 0 atom stereocenters. The van der Waals surface area contributed by atoms with Crippen molar-refractivity contribution in [2.24, 2.45) is 0 Å². The monoisotopic (exact) mass is 384 g/mol. The smallest absolute Gasteiger partial charge is 0.274 e. The number of anilines is 3. The Balaban J connectivity index is 1.36. The van der Waals surface area contributed by atoms with Gasteiger partial charge in [-0.05, 0) is 42.5 Å². The lowest BCUT2D eigenvalue weighted by atomic mass is 10.2. The van der Waals surface area contributed by atoms with Gasteiger partial charge in [-0.25, -0.2) is 0 Å². The summed E-state index contributed by atoms with van der Waals surface area (Å²) in [7, 11) is 0. The molecular formula is C22H20N6O. The fraction of sp³-hybridized carbons (Fsp3) is 0.182. The maximum atomic E-state index is 12.7. The number of nitrogens with one attached hydrogen (secondary N) is 1. The largest absolute Gasteiger partial charge is 0.368 e. The molecule has 0 radical (unpaired) electrons. The molecular weight excluding hydrogens is 364 g/mol. The third-order valence-corrected chi connectivity index (χ3v) is 4.84. The van der Waals surface area contributed by atoms with Gasteiger partial charge in [-0.1, -0.05) is 24.3 Å². The molecule has 0 spiro atoms. The Morgan fingerprint density at radius 3 is 2.41 bits per heavy atom. The number of benzene rings is 2. The summed E-state index contributed by atoms with van der Waals surface area (Å²) in [5, 5.41) is 20.3. The second-order valence-electron chi connectivity index (χ2n) is 6.74. The van der Waals surface area contributed by atoms with E-state index in [2.05, 4.69) is 38.6 Å². The quantitative estimate of drug-likeness (QED) is 0.744. The minimum atomic E-state index is -0.108. The topological polar surface area (TPSA) is 85.2 Å². The highest BCUT2D eigenvalue weighted by Crippen LogP contribution is 2.18. The molecule has 1 N–H and O–H groups in total. The number of hydrogen-bond acceptors (Lipinski definition) is 6. The van der Waals surface area contributed by atoms with Crippen molar-refractivity contribution in [3.63, 3.8) is 0 Å². The molecule has 1 aliphatic heterocycles. The lowest BCUT2D eigenvalue weighted by Gasteiger charge is -2.35. The third-order valence-electron chi connectivity index (χ3n) is 4.84. The number of carbonyl (C=O) groups is 1. The summed E-state index contributed by atoms with van der Waals surface area (Å²) < 4.78 is 0. The van der Waals surface area contributed by atoms with Crippen molar-refractivity contribution in [3.05, 3.63) is 78.0 Å². The number of hydrogen-bond donors (Lipinski definition) is 1. The molecule has 2 heterocycles. The van der Waals surface area contributed by atoms with Crippen molar-refractivity contribution in [1.82, 2.24) is 15.1 Å². The molecule has 1 aromatic heterocycles. The zero-order valence-corrected chi connectivity index (χ0v) is 15.8. The Hall–Kier alpha value is -3.92. The van der Waals surface area contributed by atoms with Gasteiger partial charge in [0, 0.05) is 37.6 Å². The number of para-hydroxylation sites is 1. The molecule has 0 aliphatic carbocycles. The van der Waals surface area contributed by atoms with Crippen molar-refractivity contribution in [2.75, 3.05) is 36.4 Å². The van der Waals surface area contributed by atoms with Crippen LogP contribution in [0.4, 0.5) is 17.2 Å². The van der Waals surface area contributed by atoms with E-state index in [0.29, 0.717) is 30.2 Å². The summed E-state index contributed by atoms with van der Waals surface area (Å²) in [6.07, 6.45) is 0. The van der Waals surface area contributed by atoms with Crippen molar-refractivity contribution in [2.45, 2.75) is 0 Å². The van der Waals surface area contributed by atoms with Gasteiger partial charge in [-0.15, -0.1) is 10.2 Å². The Kier molecular flexibility index (Phi) is 5.34. The summed E-state index contributed by atoms with van der Waals surface area (Å²) >= 11 is 0. The van der Waals surface area contributed by atoms with Crippen LogP contribution in [0.1, 0.15) is 16.1 Å². The Morgan fingerprint density at radius 1 is 0.931 bits per heavy atom. The fourth-order valence-electron chi connectivity index (χ4n) is 3.30. The highest BCUT2D eigenvalue weighted by atomic mass is 16.2. The van der Waals surface area contributed by atoms with Gasteiger partial charge in [0.25, 0.3) is 5.91 Å². The summed E-state index contributed by atoms with van der Waals surface area (Å²) in [4.78, 5) is 16.8. The first-order valence-corrected chi connectivity index (χ1v) is 9.43. The molecule has 1 amide bonds. The number of piperazine rings is 1. The number of aromatic nitrogens is 2. The van der Waals surface area contributed by atoms with Crippen molar-refractivity contribution >= 4 is 23.1 Å². The molecule has 1 saturated heterocycles. The van der Waals surface area contributed by atoms with Crippen LogP contribution in [-0.4, -0.2) is 47.2 Å². The number of rotatable bonds is 4. The minimum Gasteiger partial charge on any atom is -0.368 e. The van der Waals surface area contributed by atoms with E-state index < -0.39 is 0 Å². The van der Waals surface area contributed by atoms with Crippen molar-refractivity contribution in [3.8, 4) is 6.07 Å². The van der Waals surface area contributed by atoms with Crippen LogP contribution >= 0.6 is 0 Å². The van der Waals surface area contributed by atoms with Crippen LogP contribution in [0.2, 0.25) is 0 Å². The Morgan fingerprint density at radius 2 is 1.72 bits per heavy atom. The van der Waals surface area contributed by atoms with Crippen LogP contribution in [0.25, 0.3) is 0 Å². The zero-order chi connectivity index (χ0) is 20.1. The van der Waals surface area contributed by atoms with E-state index in [1.165, 1.54) is 5.69 Å². The van der Waals surface area contributed by atoms with Gasteiger partial charge in [0.05, 0.1) is 11.6 Å². The maximum Gasteiger partial charge on any atom is 0.274 e. The Labute approximate surface area is 169 Å². The van der Waals surface area contributed by atoms with Gasteiger partial charge in [-0.3, -0.25) is 4.79 Å². The molecule has 2 aromatic carbocycles. The molecule has 1 aliphatic rings. The lowest BCUT2D eigenvalue weighted by Crippen LogP contribution is -2.49. The second kappa shape index (κ2) is 8.40. The molecule has 3 aromatic rings. The van der Waals surface area contributed by atoms with E-state index in [0.717, 1.165) is 18.8 Å². The summed E-state index contributed by atoms with van der Waals surface area (Å²) in [5.74, 6) is 0.411. The summed E-state index contributed by atoms with van der Waals surface area (Å²) in [5.41, 5.74) is 2.81. The number of nitrogens with zero attached hydrogens (tertiary/aromatic N) is 5. The second-order valence-corrected chi connectivity index (χ2v) is 6.74. The van der Waals surface area contributed by atoms with Gasteiger partial charge in [0.1, 0.15) is 0 Å². The molecule has 1 fully saturated rings. The summed E-state index contributed by atoms with van der Waals surface area (Å²) in [6.45, 7) is 2.88. The first-order chi connectivity index (χ1) is 14.2. The van der Waals surface area contributed by atoms with E-state index in [-0.39, 0.29) is 5.91 Å². The number of carbonyl (C=O) groups excluding carboxylic acids is 1. The fourth-order valence-corrected chi connectivity index (χ4v) is 3.30. The van der Waals surface area contributed by atoms with E-state index in [4.69, 9.17) is 5.26 Å². The first-order valence-electron chi connectivity index (χ1n) is 9.43. The van der Waals surface area contributed by atoms with Gasteiger partial charge in [0.2, 0.25) is 0 Å². The highest BCUT2D eigenvalue weighted by Gasteiger charge is 2.23. The van der Waals surface area contributed by atoms with Crippen LogP contribution in [0.5, 0.6) is 0 Å². The average molecular weight is 384 g/mol. The first kappa shape index (κ1) is 18.4. The van der Waals surface area contributed by atoms with Crippen LogP contribution in [0.3, 0.4) is 0 Å².